The molecule has 108 valence electrons. The van der Waals surface area contributed by atoms with Crippen molar-refractivity contribution in [2.24, 2.45) is 0 Å². The van der Waals surface area contributed by atoms with Gasteiger partial charge in [0, 0.05) is 23.5 Å². The van der Waals surface area contributed by atoms with E-state index in [1.807, 2.05) is 24.4 Å². The van der Waals surface area contributed by atoms with Gasteiger partial charge in [-0.15, -0.1) is 0 Å². The molecule has 0 aliphatic carbocycles. The van der Waals surface area contributed by atoms with Crippen molar-refractivity contribution in [3.05, 3.63) is 40.4 Å². The third kappa shape index (κ3) is 2.88. The molecule has 2 aromatic rings. The van der Waals surface area contributed by atoms with Gasteiger partial charge in [-0.1, -0.05) is 13.8 Å². The number of hydrogen-bond donors (Lipinski definition) is 1. The van der Waals surface area contributed by atoms with E-state index in [2.05, 4.69) is 23.4 Å². The molecule has 20 heavy (non-hydrogen) atoms. The number of hydrogen-bond acceptors (Lipinski definition) is 3. The quantitative estimate of drug-likeness (QED) is 0.853. The van der Waals surface area contributed by atoms with Gasteiger partial charge >= 0.3 is 0 Å². The monoisotopic (exact) mass is 292 g/mol. The molecule has 0 aliphatic heterocycles. The summed E-state index contributed by atoms with van der Waals surface area (Å²) >= 11 is 5.36. The molecular weight excluding hydrogens is 272 g/mol. The van der Waals surface area contributed by atoms with E-state index < -0.39 is 0 Å². The van der Waals surface area contributed by atoms with Crippen LogP contribution in [0.25, 0.3) is 0 Å². The van der Waals surface area contributed by atoms with Crippen LogP contribution in [-0.4, -0.2) is 23.8 Å². The summed E-state index contributed by atoms with van der Waals surface area (Å²) in [4.78, 5) is 3.11. The Balaban J connectivity index is 2.40. The molecule has 4 nitrogen and oxygen atoms in total. The van der Waals surface area contributed by atoms with Crippen molar-refractivity contribution < 1.29 is 9.47 Å². The third-order valence-corrected chi connectivity index (χ3v) is 3.65. The average molecular weight is 292 g/mol. The van der Waals surface area contributed by atoms with Crippen LogP contribution in [0.5, 0.6) is 11.5 Å². The molecule has 0 bridgehead atoms. The zero-order valence-corrected chi connectivity index (χ0v) is 13.1. The standard InChI is InChI=1S/C15H20N2O2S/c1-10(2)13-8-16-15(20)17(13)9-11-5-6-12(18-3)7-14(11)19-4/h5-8,10H,9H2,1-4H3,(H,16,20). The Morgan fingerprint density at radius 3 is 2.60 bits per heavy atom. The first-order valence-electron chi connectivity index (χ1n) is 6.55. The Morgan fingerprint density at radius 1 is 1.25 bits per heavy atom. The molecule has 1 N–H and O–H groups in total. The van der Waals surface area contributed by atoms with E-state index in [9.17, 15) is 0 Å². The van der Waals surface area contributed by atoms with E-state index in [1.54, 1.807) is 14.2 Å². The minimum absolute atomic E-state index is 0.409. The first-order valence-corrected chi connectivity index (χ1v) is 6.96. The predicted octanol–water partition coefficient (Wildman–Crippen LogP) is 3.73. The van der Waals surface area contributed by atoms with Crippen molar-refractivity contribution in [2.45, 2.75) is 26.3 Å². The van der Waals surface area contributed by atoms with E-state index in [0.717, 1.165) is 21.8 Å². The summed E-state index contributed by atoms with van der Waals surface area (Å²) in [6, 6.07) is 5.83. The lowest BCUT2D eigenvalue weighted by Crippen LogP contribution is -2.07. The maximum atomic E-state index is 5.44. The summed E-state index contributed by atoms with van der Waals surface area (Å²) in [6.45, 7) is 4.99. The van der Waals surface area contributed by atoms with Crippen molar-refractivity contribution in [3.63, 3.8) is 0 Å². The van der Waals surface area contributed by atoms with Crippen LogP contribution in [0.1, 0.15) is 31.0 Å². The van der Waals surface area contributed by atoms with Crippen LogP contribution >= 0.6 is 12.2 Å². The molecule has 0 atom stereocenters. The highest BCUT2D eigenvalue weighted by molar-refractivity contribution is 7.71. The fourth-order valence-electron chi connectivity index (χ4n) is 2.20. The average Bonchev–Trinajstić information content (AvgIpc) is 2.81. The Hall–Kier alpha value is -1.75. The van der Waals surface area contributed by atoms with E-state index in [-0.39, 0.29) is 0 Å². The Labute approximate surface area is 124 Å². The van der Waals surface area contributed by atoms with Gasteiger partial charge in [0.1, 0.15) is 11.5 Å². The number of methoxy groups -OCH3 is 2. The molecule has 0 radical (unpaired) electrons. The number of aromatic nitrogens is 2. The van der Waals surface area contributed by atoms with Crippen molar-refractivity contribution in [2.75, 3.05) is 14.2 Å². The molecule has 1 heterocycles. The van der Waals surface area contributed by atoms with Crippen LogP contribution in [0.3, 0.4) is 0 Å². The van der Waals surface area contributed by atoms with E-state index in [1.165, 1.54) is 5.69 Å². The molecule has 0 spiro atoms. The number of aromatic amines is 1. The predicted molar refractivity (Wildman–Crippen MR) is 82.4 cm³/mol. The van der Waals surface area contributed by atoms with Crippen LogP contribution in [0.2, 0.25) is 0 Å². The van der Waals surface area contributed by atoms with Crippen LogP contribution < -0.4 is 9.47 Å². The van der Waals surface area contributed by atoms with Gasteiger partial charge < -0.3 is 19.0 Å². The van der Waals surface area contributed by atoms with E-state index in [0.29, 0.717) is 12.5 Å². The molecular formula is C15H20N2O2S. The third-order valence-electron chi connectivity index (χ3n) is 3.31. The van der Waals surface area contributed by atoms with Gasteiger partial charge in [0.15, 0.2) is 4.77 Å². The van der Waals surface area contributed by atoms with Crippen LogP contribution in [0.15, 0.2) is 24.4 Å². The van der Waals surface area contributed by atoms with E-state index >= 15 is 0 Å². The largest absolute Gasteiger partial charge is 0.497 e. The van der Waals surface area contributed by atoms with Gasteiger partial charge in [0.2, 0.25) is 0 Å². The SMILES string of the molecule is COc1ccc(Cn2c(C(C)C)c[nH]c2=S)c(OC)c1. The molecule has 0 saturated heterocycles. The number of imidazole rings is 1. The first kappa shape index (κ1) is 14.7. The minimum Gasteiger partial charge on any atom is -0.497 e. The second kappa shape index (κ2) is 6.13. The number of nitrogens with zero attached hydrogens (tertiary/aromatic N) is 1. The summed E-state index contributed by atoms with van der Waals surface area (Å²) in [5.74, 6) is 2.00. The summed E-state index contributed by atoms with van der Waals surface area (Å²) in [5, 5.41) is 0. The molecule has 0 amide bonds. The number of nitrogens with one attached hydrogen (secondary N) is 1. The van der Waals surface area contributed by atoms with E-state index in [4.69, 9.17) is 21.7 Å². The summed E-state index contributed by atoms with van der Waals surface area (Å²) in [6.07, 6.45) is 1.98. The summed E-state index contributed by atoms with van der Waals surface area (Å²) in [7, 11) is 3.31. The molecule has 0 fully saturated rings. The maximum Gasteiger partial charge on any atom is 0.177 e. The molecule has 0 aliphatic rings. The fourth-order valence-corrected chi connectivity index (χ4v) is 2.43. The highest BCUT2D eigenvalue weighted by Crippen LogP contribution is 2.26. The van der Waals surface area contributed by atoms with Crippen LogP contribution in [0.4, 0.5) is 0 Å². The van der Waals surface area contributed by atoms with Crippen molar-refractivity contribution in [1.82, 2.24) is 9.55 Å². The molecule has 1 aromatic carbocycles. The lowest BCUT2D eigenvalue weighted by molar-refractivity contribution is 0.390. The molecule has 5 heteroatoms. The van der Waals surface area contributed by atoms with Crippen molar-refractivity contribution >= 4 is 12.2 Å². The van der Waals surface area contributed by atoms with Gasteiger partial charge in [0.25, 0.3) is 0 Å². The zero-order chi connectivity index (χ0) is 14.7. The topological polar surface area (TPSA) is 39.2 Å². The maximum absolute atomic E-state index is 5.44. The summed E-state index contributed by atoms with van der Waals surface area (Å²) < 4.78 is 13.5. The van der Waals surface area contributed by atoms with Crippen molar-refractivity contribution in [3.8, 4) is 11.5 Å². The number of rotatable bonds is 5. The highest BCUT2D eigenvalue weighted by atomic mass is 32.1. The number of benzene rings is 1. The Morgan fingerprint density at radius 2 is 2.00 bits per heavy atom. The first-order chi connectivity index (χ1) is 9.56. The Kier molecular flexibility index (Phi) is 4.49. The highest BCUT2D eigenvalue weighted by Gasteiger charge is 2.11. The Bertz CT molecular complexity index is 644. The van der Waals surface area contributed by atoms with Gasteiger partial charge in [-0.05, 0) is 30.3 Å². The van der Waals surface area contributed by atoms with Crippen molar-refractivity contribution in [1.29, 1.82) is 0 Å². The molecule has 0 unspecified atom stereocenters. The van der Waals surface area contributed by atoms with Gasteiger partial charge in [-0.2, -0.15) is 0 Å². The normalized spacial score (nSPS) is 10.8. The lowest BCUT2D eigenvalue weighted by Gasteiger charge is -2.14. The van der Waals surface area contributed by atoms with Gasteiger partial charge in [-0.25, -0.2) is 0 Å². The van der Waals surface area contributed by atoms with Crippen LogP contribution in [0, 0.1) is 4.77 Å². The lowest BCUT2D eigenvalue weighted by atomic mass is 10.1. The summed E-state index contributed by atoms with van der Waals surface area (Å²) in [5.41, 5.74) is 2.26. The van der Waals surface area contributed by atoms with Gasteiger partial charge in [0.05, 0.1) is 20.8 Å². The molecule has 0 saturated carbocycles. The number of H-pyrrole nitrogens is 1. The second-order valence-corrected chi connectivity index (χ2v) is 5.32. The zero-order valence-electron chi connectivity index (χ0n) is 12.3. The smallest absolute Gasteiger partial charge is 0.177 e. The van der Waals surface area contributed by atoms with Crippen LogP contribution in [-0.2, 0) is 6.54 Å². The second-order valence-electron chi connectivity index (χ2n) is 4.94. The number of ether oxygens (including phenoxy) is 2. The molecule has 1 aromatic heterocycles. The minimum atomic E-state index is 0.409. The van der Waals surface area contributed by atoms with Gasteiger partial charge in [-0.3, -0.25) is 0 Å². The molecule has 2 rings (SSSR count). The fraction of sp³-hybridized carbons (Fsp3) is 0.400.